The van der Waals surface area contributed by atoms with Gasteiger partial charge in [-0.2, -0.15) is 0 Å². The van der Waals surface area contributed by atoms with Crippen molar-refractivity contribution in [3.05, 3.63) is 77.4 Å². The Morgan fingerprint density at radius 3 is 2.32 bits per heavy atom. The van der Waals surface area contributed by atoms with Gasteiger partial charge in [-0.05, 0) is 36.6 Å². The van der Waals surface area contributed by atoms with E-state index < -0.39 is 18.0 Å². The number of nitrogens with one attached hydrogen (secondary N) is 1. The van der Waals surface area contributed by atoms with E-state index in [1.54, 1.807) is 54.6 Å². The van der Waals surface area contributed by atoms with Crippen LogP contribution in [0.4, 0.5) is 0 Å². The smallest absolute Gasteiger partial charge is 0.337 e. The van der Waals surface area contributed by atoms with E-state index in [4.69, 9.17) is 4.74 Å². The number of rotatable bonds is 7. The molecule has 1 N–H and O–H groups in total. The molecule has 28 heavy (non-hydrogen) atoms. The van der Waals surface area contributed by atoms with Crippen molar-refractivity contribution >= 4 is 23.9 Å². The molecule has 0 heterocycles. The van der Waals surface area contributed by atoms with Crippen molar-refractivity contribution in [1.29, 1.82) is 0 Å². The number of hydrogen-bond donors (Lipinski definition) is 1. The molecule has 1 aliphatic rings. The fourth-order valence-corrected chi connectivity index (χ4v) is 2.57. The van der Waals surface area contributed by atoms with Crippen LogP contribution in [0.1, 0.15) is 40.4 Å². The predicted octanol–water partition coefficient (Wildman–Crippen LogP) is 3.05. The van der Waals surface area contributed by atoms with Crippen LogP contribution >= 0.6 is 0 Å². The van der Waals surface area contributed by atoms with Gasteiger partial charge in [0.15, 0.2) is 0 Å². The molecule has 144 valence electrons. The maximum atomic E-state index is 12.5. The van der Waals surface area contributed by atoms with Gasteiger partial charge >= 0.3 is 11.9 Å². The Hall–Kier alpha value is -3.41. The first-order valence-electron chi connectivity index (χ1n) is 8.99. The van der Waals surface area contributed by atoms with Gasteiger partial charge in [-0.3, -0.25) is 4.79 Å². The summed E-state index contributed by atoms with van der Waals surface area (Å²) in [6, 6.07) is 15.7. The lowest BCUT2D eigenvalue weighted by atomic mass is 10.1. The van der Waals surface area contributed by atoms with Gasteiger partial charge in [0.2, 0.25) is 6.10 Å². The summed E-state index contributed by atoms with van der Waals surface area (Å²) in [4.78, 5) is 36.2. The monoisotopic (exact) mass is 379 g/mol. The minimum absolute atomic E-state index is 0.168. The van der Waals surface area contributed by atoms with E-state index in [2.05, 4.69) is 10.1 Å². The van der Waals surface area contributed by atoms with Gasteiger partial charge in [-0.1, -0.05) is 42.5 Å². The lowest BCUT2D eigenvalue weighted by Crippen LogP contribution is -2.33. The largest absolute Gasteiger partial charge is 0.465 e. The highest BCUT2D eigenvalue weighted by Gasteiger charge is 2.30. The van der Waals surface area contributed by atoms with E-state index in [0.717, 1.165) is 12.8 Å². The van der Waals surface area contributed by atoms with Crippen molar-refractivity contribution < 1.29 is 23.9 Å². The molecule has 2 aromatic carbocycles. The van der Waals surface area contributed by atoms with Crippen LogP contribution in [0, 0.1) is 0 Å². The second kappa shape index (κ2) is 8.99. The molecular formula is C22H21NO5. The fraction of sp³-hybridized carbons (Fsp3) is 0.227. The van der Waals surface area contributed by atoms with Crippen molar-refractivity contribution in [1.82, 2.24) is 5.32 Å². The zero-order chi connectivity index (χ0) is 19.9. The molecule has 1 amide bonds. The average Bonchev–Trinajstić information content (AvgIpc) is 3.54. The number of ether oxygens (including phenoxy) is 2. The van der Waals surface area contributed by atoms with Crippen molar-refractivity contribution in [3.63, 3.8) is 0 Å². The molecule has 2 aromatic rings. The Morgan fingerprint density at radius 2 is 1.71 bits per heavy atom. The van der Waals surface area contributed by atoms with Gasteiger partial charge in [0.1, 0.15) is 0 Å². The lowest BCUT2D eigenvalue weighted by molar-refractivity contribution is -0.151. The van der Waals surface area contributed by atoms with Gasteiger partial charge in [0, 0.05) is 17.7 Å². The topological polar surface area (TPSA) is 81.7 Å². The summed E-state index contributed by atoms with van der Waals surface area (Å²) in [6.45, 7) is 0. The van der Waals surface area contributed by atoms with E-state index in [-0.39, 0.29) is 11.9 Å². The molecule has 6 nitrogen and oxygen atoms in total. The molecule has 1 fully saturated rings. The lowest BCUT2D eigenvalue weighted by Gasteiger charge is -2.17. The minimum atomic E-state index is -0.999. The Kier molecular flexibility index (Phi) is 6.22. The van der Waals surface area contributed by atoms with E-state index in [0.29, 0.717) is 16.7 Å². The molecule has 0 bridgehead atoms. The normalized spacial score (nSPS) is 14.3. The highest BCUT2D eigenvalue weighted by atomic mass is 16.5. The Balaban J connectivity index is 1.66. The molecule has 1 aliphatic carbocycles. The molecule has 1 saturated carbocycles. The third-order valence-corrected chi connectivity index (χ3v) is 4.24. The highest BCUT2D eigenvalue weighted by Crippen LogP contribution is 2.23. The molecule has 0 aromatic heterocycles. The summed E-state index contributed by atoms with van der Waals surface area (Å²) in [5.74, 6) is -1.38. The third-order valence-electron chi connectivity index (χ3n) is 4.24. The van der Waals surface area contributed by atoms with Crippen LogP contribution in [0.5, 0.6) is 0 Å². The summed E-state index contributed by atoms with van der Waals surface area (Å²) in [5, 5.41) is 2.87. The van der Waals surface area contributed by atoms with Crippen LogP contribution < -0.4 is 5.32 Å². The molecule has 0 unspecified atom stereocenters. The number of methoxy groups -OCH3 is 1. The van der Waals surface area contributed by atoms with Gasteiger partial charge in [0.05, 0.1) is 12.7 Å². The van der Waals surface area contributed by atoms with Crippen molar-refractivity contribution in [2.75, 3.05) is 7.11 Å². The fourth-order valence-electron chi connectivity index (χ4n) is 2.57. The van der Waals surface area contributed by atoms with E-state index in [1.165, 1.54) is 13.2 Å². The summed E-state index contributed by atoms with van der Waals surface area (Å²) in [5.41, 5.74) is 1.75. The Bertz CT molecular complexity index is 870. The zero-order valence-electron chi connectivity index (χ0n) is 15.5. The molecule has 6 heteroatoms. The zero-order valence-corrected chi connectivity index (χ0v) is 15.5. The SMILES string of the molecule is COC(=O)c1ccc(/C=C/C(=O)O[C@@H](C(=O)NC2CC2)c2ccccc2)cc1. The molecule has 0 spiro atoms. The second-order valence-electron chi connectivity index (χ2n) is 6.46. The van der Waals surface area contributed by atoms with Crippen LogP contribution in [0.3, 0.4) is 0 Å². The summed E-state index contributed by atoms with van der Waals surface area (Å²) in [6.07, 6.45) is 3.71. The van der Waals surface area contributed by atoms with E-state index in [9.17, 15) is 14.4 Å². The number of carbonyl (C=O) groups excluding carboxylic acids is 3. The average molecular weight is 379 g/mol. The second-order valence-corrected chi connectivity index (χ2v) is 6.46. The highest BCUT2D eigenvalue weighted by molar-refractivity contribution is 5.92. The van der Waals surface area contributed by atoms with E-state index in [1.807, 2.05) is 6.07 Å². The number of amides is 1. The first-order valence-corrected chi connectivity index (χ1v) is 8.99. The summed E-state index contributed by atoms with van der Waals surface area (Å²) in [7, 11) is 1.31. The molecule has 3 rings (SSSR count). The van der Waals surface area contributed by atoms with Crippen molar-refractivity contribution in [2.45, 2.75) is 25.0 Å². The summed E-state index contributed by atoms with van der Waals surface area (Å²) < 4.78 is 10.1. The van der Waals surface area contributed by atoms with Crippen LogP contribution in [0.25, 0.3) is 6.08 Å². The molecule has 0 saturated heterocycles. The van der Waals surface area contributed by atoms with Gasteiger partial charge < -0.3 is 14.8 Å². The van der Waals surface area contributed by atoms with Crippen molar-refractivity contribution in [2.24, 2.45) is 0 Å². The number of benzene rings is 2. The third kappa shape index (κ3) is 5.30. The van der Waals surface area contributed by atoms with Gasteiger partial charge in [-0.15, -0.1) is 0 Å². The first kappa shape index (κ1) is 19.4. The number of hydrogen-bond acceptors (Lipinski definition) is 5. The van der Waals surface area contributed by atoms with Gasteiger partial charge in [-0.25, -0.2) is 9.59 Å². The molecule has 1 atom stereocenters. The first-order chi connectivity index (χ1) is 13.6. The predicted molar refractivity (Wildman–Crippen MR) is 103 cm³/mol. The minimum Gasteiger partial charge on any atom is -0.465 e. The van der Waals surface area contributed by atoms with Crippen LogP contribution in [-0.4, -0.2) is 31.0 Å². The maximum absolute atomic E-state index is 12.5. The van der Waals surface area contributed by atoms with Gasteiger partial charge in [0.25, 0.3) is 5.91 Å². The number of carbonyl (C=O) groups is 3. The van der Waals surface area contributed by atoms with E-state index >= 15 is 0 Å². The molecular weight excluding hydrogens is 358 g/mol. The Morgan fingerprint density at radius 1 is 1.04 bits per heavy atom. The maximum Gasteiger partial charge on any atom is 0.337 e. The van der Waals surface area contributed by atoms with Crippen LogP contribution in [-0.2, 0) is 19.1 Å². The quantitative estimate of drug-likeness (QED) is 0.591. The number of esters is 2. The van der Waals surface area contributed by atoms with Crippen LogP contribution in [0.15, 0.2) is 60.7 Å². The Labute approximate surface area is 163 Å². The molecule has 0 radical (unpaired) electrons. The molecule has 0 aliphatic heterocycles. The summed E-state index contributed by atoms with van der Waals surface area (Å²) >= 11 is 0. The van der Waals surface area contributed by atoms with Crippen LogP contribution in [0.2, 0.25) is 0 Å². The van der Waals surface area contributed by atoms with Crippen molar-refractivity contribution in [3.8, 4) is 0 Å². The standard InChI is InChI=1S/C22H21NO5/c1-27-22(26)17-10-7-15(8-11-17)9-14-19(24)28-20(16-5-3-2-4-6-16)21(25)23-18-12-13-18/h2-11,14,18,20H,12-13H2,1H3,(H,23,25)/b14-9+/t20-/m1/s1.